The molecule has 210 valence electrons. The van der Waals surface area contributed by atoms with Crippen molar-refractivity contribution >= 4 is 34.7 Å². The van der Waals surface area contributed by atoms with E-state index in [4.69, 9.17) is 9.47 Å². The molecule has 0 amide bonds. The van der Waals surface area contributed by atoms with Crippen molar-refractivity contribution in [1.29, 1.82) is 5.26 Å². The lowest BCUT2D eigenvalue weighted by Gasteiger charge is -2.25. The number of aryl methyl sites for hydroxylation is 2. The van der Waals surface area contributed by atoms with Crippen molar-refractivity contribution in [3.05, 3.63) is 99.8 Å². The van der Waals surface area contributed by atoms with Crippen molar-refractivity contribution in [2.75, 3.05) is 13.7 Å². The van der Waals surface area contributed by atoms with Gasteiger partial charge in [0.15, 0.2) is 4.80 Å². The monoisotopic (exact) mass is 586 g/mol. The molecule has 0 aliphatic carbocycles. The number of benzene rings is 1. The Labute approximate surface area is 245 Å². The van der Waals surface area contributed by atoms with Crippen LogP contribution >= 0.6 is 22.7 Å². The molecule has 41 heavy (non-hydrogen) atoms. The van der Waals surface area contributed by atoms with Crippen LogP contribution in [-0.2, 0) is 9.53 Å². The molecule has 0 radical (unpaired) electrons. The first-order valence-corrected chi connectivity index (χ1v) is 14.8. The molecule has 1 atom stereocenters. The van der Waals surface area contributed by atoms with Gasteiger partial charge < -0.3 is 14.0 Å². The highest BCUT2D eigenvalue weighted by Gasteiger charge is 2.33. The number of thiazole rings is 1. The van der Waals surface area contributed by atoms with Crippen LogP contribution in [0.1, 0.15) is 58.4 Å². The highest BCUT2D eigenvalue weighted by molar-refractivity contribution is 7.15. The van der Waals surface area contributed by atoms with E-state index in [2.05, 4.69) is 15.6 Å². The summed E-state index contributed by atoms with van der Waals surface area (Å²) in [4.78, 5) is 33.5. The minimum atomic E-state index is -0.717. The molecule has 4 heterocycles. The number of nitrogens with zero attached hydrogens (tertiary/aromatic N) is 4. The van der Waals surface area contributed by atoms with Crippen molar-refractivity contribution in [1.82, 2.24) is 9.13 Å². The summed E-state index contributed by atoms with van der Waals surface area (Å²) in [5.41, 5.74) is 5.73. The van der Waals surface area contributed by atoms with Gasteiger partial charge in [-0.05, 0) is 82.5 Å². The fraction of sp³-hybridized carbons (Fsp3) is 0.290. The summed E-state index contributed by atoms with van der Waals surface area (Å²) in [6.45, 7) is 11.7. The number of fused-ring (bicyclic) bond motifs is 1. The predicted octanol–water partition coefficient (Wildman–Crippen LogP) is 4.76. The van der Waals surface area contributed by atoms with Gasteiger partial charge in [-0.25, -0.2) is 9.79 Å². The molecule has 0 spiro atoms. The summed E-state index contributed by atoms with van der Waals surface area (Å²) in [5, 5.41) is 10.7. The average molecular weight is 587 g/mol. The molecule has 5 rings (SSSR count). The minimum absolute atomic E-state index is 0.206. The molecule has 1 aromatic carbocycles. The molecule has 0 N–H and O–H groups in total. The Morgan fingerprint density at radius 1 is 1.17 bits per heavy atom. The van der Waals surface area contributed by atoms with Gasteiger partial charge in [0.25, 0.3) is 5.56 Å². The first-order valence-electron chi connectivity index (χ1n) is 13.1. The van der Waals surface area contributed by atoms with Crippen molar-refractivity contribution < 1.29 is 14.3 Å². The smallest absolute Gasteiger partial charge is 0.338 e. The molecule has 1 aliphatic rings. The van der Waals surface area contributed by atoms with E-state index in [1.165, 1.54) is 11.3 Å². The molecule has 8 nitrogen and oxygen atoms in total. The maximum absolute atomic E-state index is 14.0. The van der Waals surface area contributed by atoms with E-state index in [1.807, 2.05) is 64.1 Å². The van der Waals surface area contributed by atoms with Gasteiger partial charge in [0, 0.05) is 16.3 Å². The Morgan fingerprint density at radius 3 is 2.61 bits per heavy atom. The average Bonchev–Trinajstić information content (AvgIpc) is 3.51. The van der Waals surface area contributed by atoms with Gasteiger partial charge in [0.2, 0.25) is 0 Å². The lowest BCUT2D eigenvalue weighted by Crippen LogP contribution is -2.39. The summed E-state index contributed by atoms with van der Waals surface area (Å²) < 4.78 is 15.0. The number of methoxy groups -OCH3 is 1. The highest BCUT2D eigenvalue weighted by Crippen LogP contribution is 2.34. The van der Waals surface area contributed by atoms with Crippen molar-refractivity contribution in [2.24, 2.45) is 4.99 Å². The lowest BCUT2D eigenvalue weighted by atomic mass is 9.95. The third kappa shape index (κ3) is 4.75. The summed E-state index contributed by atoms with van der Waals surface area (Å²) >= 11 is 2.87. The SMILES string of the molecule is CCOC(=O)C1=C(C)N=c2s/c(=C/c3cc(C)n(-c4sc(C)c(C)c4C#N)c3C)c(=O)n2[C@H]1c1cccc(OC)c1. The van der Waals surface area contributed by atoms with Gasteiger partial charge in [-0.2, -0.15) is 5.26 Å². The number of hydrogen-bond donors (Lipinski definition) is 0. The van der Waals surface area contributed by atoms with Gasteiger partial charge in [-0.15, -0.1) is 11.3 Å². The zero-order valence-electron chi connectivity index (χ0n) is 24.0. The number of ether oxygens (including phenoxy) is 2. The zero-order chi connectivity index (χ0) is 29.6. The number of carbonyl (C=O) groups excluding carboxylic acids is 1. The normalized spacial score (nSPS) is 15.0. The van der Waals surface area contributed by atoms with E-state index in [0.717, 1.165) is 38.0 Å². The molecule has 3 aromatic heterocycles. The summed E-state index contributed by atoms with van der Waals surface area (Å²) in [6, 6.07) is 11.0. The van der Waals surface area contributed by atoms with E-state index in [0.29, 0.717) is 31.9 Å². The van der Waals surface area contributed by atoms with Crippen LogP contribution in [0, 0.1) is 39.0 Å². The Balaban J connectivity index is 1.71. The van der Waals surface area contributed by atoms with Gasteiger partial charge >= 0.3 is 5.97 Å². The van der Waals surface area contributed by atoms with E-state index in [9.17, 15) is 14.9 Å². The summed E-state index contributed by atoms with van der Waals surface area (Å²) in [5.74, 6) is 0.111. The Bertz CT molecular complexity index is 1960. The Hall–Kier alpha value is -4.20. The molecular weight excluding hydrogens is 556 g/mol. The first-order chi connectivity index (χ1) is 19.6. The maximum atomic E-state index is 14.0. The van der Waals surface area contributed by atoms with Gasteiger partial charge in [-0.3, -0.25) is 9.36 Å². The second kappa shape index (κ2) is 11.0. The third-order valence-electron chi connectivity index (χ3n) is 7.37. The second-order valence-corrected chi connectivity index (χ2v) is 12.0. The van der Waals surface area contributed by atoms with Crippen LogP contribution in [0.3, 0.4) is 0 Å². The van der Waals surface area contributed by atoms with E-state index >= 15 is 0 Å². The van der Waals surface area contributed by atoms with Crippen LogP contribution in [-0.4, -0.2) is 28.8 Å². The number of nitriles is 1. The van der Waals surface area contributed by atoms with Crippen LogP contribution in [0.4, 0.5) is 0 Å². The van der Waals surface area contributed by atoms with Crippen LogP contribution in [0.5, 0.6) is 5.75 Å². The fourth-order valence-corrected chi connectivity index (χ4v) is 7.46. The van der Waals surface area contributed by atoms with Crippen LogP contribution in [0.25, 0.3) is 11.1 Å². The molecule has 0 saturated carbocycles. The van der Waals surface area contributed by atoms with Crippen LogP contribution in [0.15, 0.2) is 51.4 Å². The maximum Gasteiger partial charge on any atom is 0.338 e. The molecule has 0 unspecified atom stereocenters. The number of hydrogen-bond acceptors (Lipinski definition) is 8. The second-order valence-electron chi connectivity index (χ2n) is 9.82. The number of thiophene rings is 1. The minimum Gasteiger partial charge on any atom is -0.497 e. The molecular formula is C31H30N4O4S2. The van der Waals surface area contributed by atoms with Crippen LogP contribution < -0.4 is 19.6 Å². The topological polar surface area (TPSA) is 98.6 Å². The van der Waals surface area contributed by atoms with E-state index in [1.54, 1.807) is 36.9 Å². The zero-order valence-corrected chi connectivity index (χ0v) is 25.6. The van der Waals surface area contributed by atoms with Crippen molar-refractivity contribution in [3.63, 3.8) is 0 Å². The first kappa shape index (κ1) is 28.3. The van der Waals surface area contributed by atoms with Crippen molar-refractivity contribution in [3.8, 4) is 16.8 Å². The summed E-state index contributed by atoms with van der Waals surface area (Å²) in [7, 11) is 1.58. The molecule has 4 aromatic rings. The number of allylic oxidation sites excluding steroid dienone is 1. The largest absolute Gasteiger partial charge is 0.497 e. The highest BCUT2D eigenvalue weighted by atomic mass is 32.1. The number of carbonyl (C=O) groups is 1. The van der Waals surface area contributed by atoms with Gasteiger partial charge in [0.05, 0.1) is 41.1 Å². The number of esters is 1. The third-order valence-corrected chi connectivity index (χ3v) is 9.54. The lowest BCUT2D eigenvalue weighted by molar-refractivity contribution is -0.139. The molecule has 0 saturated heterocycles. The predicted molar refractivity (Wildman–Crippen MR) is 161 cm³/mol. The Kier molecular flexibility index (Phi) is 7.60. The van der Waals surface area contributed by atoms with Crippen molar-refractivity contribution in [2.45, 2.75) is 47.6 Å². The van der Waals surface area contributed by atoms with E-state index in [-0.39, 0.29) is 12.2 Å². The number of rotatable bonds is 6. The van der Waals surface area contributed by atoms with Gasteiger partial charge in [-0.1, -0.05) is 23.5 Å². The fourth-order valence-electron chi connectivity index (χ4n) is 5.20. The summed E-state index contributed by atoms with van der Waals surface area (Å²) in [6.07, 6.45) is 1.87. The molecule has 0 fully saturated rings. The van der Waals surface area contributed by atoms with E-state index < -0.39 is 12.0 Å². The van der Waals surface area contributed by atoms with Gasteiger partial charge in [0.1, 0.15) is 16.8 Å². The molecule has 10 heteroatoms. The molecule has 1 aliphatic heterocycles. The quantitative estimate of drug-likeness (QED) is 0.303. The number of aromatic nitrogens is 2. The molecule has 0 bridgehead atoms. The standard InChI is InChI=1S/C31H30N4O4S2/c1-8-39-30(37)26-18(4)33-31-35(27(26)21-10-9-11-23(13-21)38-7)28(36)25(41-31)14-22-12-16(2)34(19(22)5)29-24(15-32)17(3)20(6)40-29/h9-14,27H,8H2,1-7H3/b25-14+/t27-/m0/s1. The Morgan fingerprint density at radius 2 is 1.93 bits per heavy atom. The van der Waals surface area contributed by atoms with Crippen LogP contribution in [0.2, 0.25) is 0 Å².